The maximum atomic E-state index is 12.8. The number of rotatable bonds is 7. The molecule has 2 aromatic rings. The Morgan fingerprint density at radius 1 is 1.17 bits per heavy atom. The topological polar surface area (TPSA) is 77.0 Å². The number of ether oxygens (including phenoxy) is 2. The SMILES string of the molecule is CCOc1cc(/C=N/NS(=O)(=O)c2ccc(F)cc2)ccc1OC. The number of halogens is 1. The van der Waals surface area contributed by atoms with Gasteiger partial charge in [0.25, 0.3) is 10.0 Å². The van der Waals surface area contributed by atoms with Crippen LogP contribution in [0.5, 0.6) is 11.5 Å². The van der Waals surface area contributed by atoms with Crippen molar-refractivity contribution in [2.45, 2.75) is 11.8 Å². The van der Waals surface area contributed by atoms with Gasteiger partial charge >= 0.3 is 0 Å². The van der Waals surface area contributed by atoms with Gasteiger partial charge in [0.2, 0.25) is 0 Å². The first-order chi connectivity index (χ1) is 11.5. The third-order valence-electron chi connectivity index (χ3n) is 3.00. The second-order valence-corrected chi connectivity index (χ2v) is 6.31. The molecule has 2 aromatic carbocycles. The Kier molecular flexibility index (Phi) is 5.75. The number of hydrogen-bond acceptors (Lipinski definition) is 5. The van der Waals surface area contributed by atoms with Gasteiger partial charge in [-0.3, -0.25) is 0 Å². The van der Waals surface area contributed by atoms with Gasteiger partial charge in [0, 0.05) is 0 Å². The molecule has 0 aromatic heterocycles. The van der Waals surface area contributed by atoms with Gasteiger partial charge in [-0.15, -0.1) is 0 Å². The van der Waals surface area contributed by atoms with Crippen LogP contribution < -0.4 is 14.3 Å². The second-order valence-electron chi connectivity index (χ2n) is 4.65. The van der Waals surface area contributed by atoms with E-state index in [4.69, 9.17) is 9.47 Å². The Morgan fingerprint density at radius 3 is 2.50 bits per heavy atom. The third kappa shape index (κ3) is 4.45. The van der Waals surface area contributed by atoms with E-state index < -0.39 is 15.8 Å². The molecule has 0 unspecified atom stereocenters. The molecule has 128 valence electrons. The van der Waals surface area contributed by atoms with E-state index in [0.29, 0.717) is 23.7 Å². The summed E-state index contributed by atoms with van der Waals surface area (Å²) >= 11 is 0. The molecule has 0 aliphatic carbocycles. The van der Waals surface area contributed by atoms with E-state index in [1.54, 1.807) is 18.2 Å². The van der Waals surface area contributed by atoms with E-state index in [9.17, 15) is 12.8 Å². The van der Waals surface area contributed by atoms with Crippen molar-refractivity contribution in [2.75, 3.05) is 13.7 Å². The molecule has 0 atom stereocenters. The van der Waals surface area contributed by atoms with Gasteiger partial charge in [0.1, 0.15) is 5.82 Å². The molecule has 8 heteroatoms. The van der Waals surface area contributed by atoms with E-state index in [1.165, 1.54) is 13.3 Å². The van der Waals surface area contributed by atoms with Crippen LogP contribution in [0.3, 0.4) is 0 Å². The molecule has 0 spiro atoms. The van der Waals surface area contributed by atoms with E-state index in [2.05, 4.69) is 9.93 Å². The number of nitrogens with one attached hydrogen (secondary N) is 1. The van der Waals surface area contributed by atoms with Crippen molar-refractivity contribution < 1.29 is 22.3 Å². The molecule has 0 heterocycles. The van der Waals surface area contributed by atoms with Crippen molar-refractivity contribution in [3.05, 3.63) is 53.8 Å². The average molecular weight is 352 g/mol. The minimum atomic E-state index is -3.85. The molecule has 6 nitrogen and oxygen atoms in total. The minimum absolute atomic E-state index is 0.0780. The van der Waals surface area contributed by atoms with Crippen LogP contribution in [-0.2, 0) is 10.0 Å². The Hall–Kier alpha value is -2.61. The van der Waals surface area contributed by atoms with Crippen LogP contribution in [0, 0.1) is 5.82 Å². The van der Waals surface area contributed by atoms with Gasteiger partial charge in [-0.25, -0.2) is 9.22 Å². The van der Waals surface area contributed by atoms with E-state index in [0.717, 1.165) is 24.3 Å². The summed E-state index contributed by atoms with van der Waals surface area (Å²) in [5.74, 6) is 0.588. The number of benzene rings is 2. The summed E-state index contributed by atoms with van der Waals surface area (Å²) in [4.78, 5) is 1.99. The molecule has 0 bridgehead atoms. The predicted octanol–water partition coefficient (Wildman–Crippen LogP) is 2.55. The van der Waals surface area contributed by atoms with Crippen LogP contribution in [0.2, 0.25) is 0 Å². The van der Waals surface area contributed by atoms with Crippen LogP contribution in [0.1, 0.15) is 12.5 Å². The Labute approximate surface area is 140 Å². The highest BCUT2D eigenvalue weighted by Crippen LogP contribution is 2.27. The zero-order chi connectivity index (χ0) is 17.6. The monoisotopic (exact) mass is 352 g/mol. The fourth-order valence-electron chi connectivity index (χ4n) is 1.88. The van der Waals surface area contributed by atoms with E-state index in [-0.39, 0.29) is 4.90 Å². The number of nitrogens with zero attached hydrogens (tertiary/aromatic N) is 1. The highest BCUT2D eigenvalue weighted by Gasteiger charge is 2.12. The number of methoxy groups -OCH3 is 1. The first-order valence-corrected chi connectivity index (χ1v) is 8.56. The molecular weight excluding hydrogens is 335 g/mol. The lowest BCUT2D eigenvalue weighted by atomic mass is 10.2. The summed E-state index contributed by atoms with van der Waals surface area (Å²) in [5.41, 5.74) is 0.626. The molecule has 24 heavy (non-hydrogen) atoms. The van der Waals surface area contributed by atoms with Gasteiger partial charge in [-0.05, 0) is 55.0 Å². The standard InChI is InChI=1S/C16H17FN2O4S/c1-3-23-16-10-12(4-9-15(16)22-2)11-18-19-24(20,21)14-7-5-13(17)6-8-14/h4-11,19H,3H2,1-2H3/b18-11+. The molecule has 1 N–H and O–H groups in total. The van der Waals surface area contributed by atoms with Crippen LogP contribution in [0.25, 0.3) is 0 Å². The summed E-state index contributed by atoms with van der Waals surface area (Å²) in [7, 11) is -2.32. The van der Waals surface area contributed by atoms with Crippen molar-refractivity contribution in [1.82, 2.24) is 4.83 Å². The quantitative estimate of drug-likeness (QED) is 0.614. The third-order valence-corrected chi connectivity index (χ3v) is 4.24. The molecule has 0 saturated carbocycles. The lowest BCUT2D eigenvalue weighted by Gasteiger charge is -2.09. The molecule has 0 aliphatic heterocycles. The summed E-state index contributed by atoms with van der Waals surface area (Å²) in [6.45, 7) is 2.31. The Bertz CT molecular complexity index is 820. The van der Waals surface area contributed by atoms with Crippen molar-refractivity contribution in [3.8, 4) is 11.5 Å². The van der Waals surface area contributed by atoms with Gasteiger partial charge in [0.05, 0.1) is 24.8 Å². The molecular formula is C16H17FN2O4S. The molecule has 0 saturated heterocycles. The normalized spacial score (nSPS) is 11.5. The lowest BCUT2D eigenvalue weighted by molar-refractivity contribution is 0.311. The molecule has 0 fully saturated rings. The molecule has 2 rings (SSSR count). The number of hydrogen-bond donors (Lipinski definition) is 1. The fourth-order valence-corrected chi connectivity index (χ4v) is 2.67. The number of hydrazone groups is 1. The minimum Gasteiger partial charge on any atom is -0.493 e. The van der Waals surface area contributed by atoms with Crippen LogP contribution >= 0.6 is 0 Å². The molecule has 0 amide bonds. The predicted molar refractivity (Wildman–Crippen MR) is 88.5 cm³/mol. The summed E-state index contributed by atoms with van der Waals surface area (Å²) in [6, 6.07) is 9.53. The molecule has 0 radical (unpaired) electrons. The summed E-state index contributed by atoms with van der Waals surface area (Å²) in [5, 5.41) is 3.72. The first-order valence-electron chi connectivity index (χ1n) is 7.07. The van der Waals surface area contributed by atoms with Crippen LogP contribution in [-0.4, -0.2) is 28.3 Å². The summed E-state index contributed by atoms with van der Waals surface area (Å²) < 4.78 is 47.5. The van der Waals surface area contributed by atoms with Crippen molar-refractivity contribution in [2.24, 2.45) is 5.10 Å². The van der Waals surface area contributed by atoms with Crippen LogP contribution in [0.4, 0.5) is 4.39 Å². The second kappa shape index (κ2) is 7.78. The highest BCUT2D eigenvalue weighted by atomic mass is 32.2. The highest BCUT2D eigenvalue weighted by molar-refractivity contribution is 7.89. The Balaban J connectivity index is 2.13. The van der Waals surface area contributed by atoms with Crippen molar-refractivity contribution in [1.29, 1.82) is 0 Å². The average Bonchev–Trinajstić information content (AvgIpc) is 2.56. The largest absolute Gasteiger partial charge is 0.493 e. The zero-order valence-corrected chi connectivity index (χ0v) is 14.0. The number of sulfonamides is 1. The van der Waals surface area contributed by atoms with Gasteiger partial charge < -0.3 is 9.47 Å². The lowest BCUT2D eigenvalue weighted by Crippen LogP contribution is -2.18. The molecule has 0 aliphatic rings. The van der Waals surface area contributed by atoms with Crippen molar-refractivity contribution >= 4 is 16.2 Å². The summed E-state index contributed by atoms with van der Waals surface area (Å²) in [6.07, 6.45) is 1.34. The van der Waals surface area contributed by atoms with E-state index >= 15 is 0 Å². The maximum Gasteiger partial charge on any atom is 0.276 e. The Morgan fingerprint density at radius 2 is 1.88 bits per heavy atom. The smallest absolute Gasteiger partial charge is 0.276 e. The first kappa shape index (κ1) is 17.7. The van der Waals surface area contributed by atoms with E-state index in [1.807, 2.05) is 6.92 Å². The van der Waals surface area contributed by atoms with Gasteiger partial charge in [0.15, 0.2) is 11.5 Å². The van der Waals surface area contributed by atoms with Gasteiger partial charge in [-0.1, -0.05) is 0 Å². The zero-order valence-electron chi connectivity index (χ0n) is 13.2. The van der Waals surface area contributed by atoms with Crippen molar-refractivity contribution in [3.63, 3.8) is 0 Å². The van der Waals surface area contributed by atoms with Gasteiger partial charge in [-0.2, -0.15) is 13.5 Å². The fraction of sp³-hybridized carbons (Fsp3) is 0.188. The van der Waals surface area contributed by atoms with Crippen LogP contribution in [0.15, 0.2) is 52.5 Å². The maximum absolute atomic E-state index is 12.8.